The summed E-state index contributed by atoms with van der Waals surface area (Å²) in [5.41, 5.74) is 1.40. The zero-order chi connectivity index (χ0) is 22.7. The Morgan fingerprint density at radius 1 is 1.29 bits per heavy atom. The van der Waals surface area contributed by atoms with Gasteiger partial charge >= 0.3 is 0 Å². The first kappa shape index (κ1) is 22.9. The molecule has 0 aliphatic carbocycles. The van der Waals surface area contributed by atoms with Gasteiger partial charge in [0.2, 0.25) is 5.91 Å². The highest BCUT2D eigenvalue weighted by Crippen LogP contribution is 2.31. The van der Waals surface area contributed by atoms with Crippen LogP contribution in [0.2, 0.25) is 0 Å². The Bertz CT molecular complexity index is 1180. The molecule has 2 aromatic heterocycles. The van der Waals surface area contributed by atoms with E-state index in [1.165, 1.54) is 23.1 Å². The SMILES string of the molecule is C=CCn1c(SC(C)C(=O)Nc2cc(OC)cc(OC)c2)nc2sc(C)c(C)c2c1=O. The summed E-state index contributed by atoms with van der Waals surface area (Å²) in [4.78, 5) is 32.4. The van der Waals surface area contributed by atoms with Gasteiger partial charge in [-0.1, -0.05) is 17.8 Å². The van der Waals surface area contributed by atoms with E-state index in [0.717, 1.165) is 10.4 Å². The van der Waals surface area contributed by atoms with Crippen molar-refractivity contribution in [2.24, 2.45) is 0 Å². The number of hydrogen-bond donors (Lipinski definition) is 1. The number of ether oxygens (including phenoxy) is 2. The predicted molar refractivity (Wildman–Crippen MR) is 127 cm³/mol. The van der Waals surface area contributed by atoms with Crippen LogP contribution >= 0.6 is 23.1 Å². The number of thiophene rings is 1. The molecule has 164 valence electrons. The number of amides is 1. The van der Waals surface area contributed by atoms with Gasteiger partial charge in [-0.3, -0.25) is 14.2 Å². The van der Waals surface area contributed by atoms with Gasteiger partial charge in [-0.25, -0.2) is 4.98 Å². The first-order valence-electron chi connectivity index (χ1n) is 9.61. The number of thioether (sulfide) groups is 1. The number of nitrogens with zero attached hydrogens (tertiary/aromatic N) is 2. The molecule has 1 amide bonds. The van der Waals surface area contributed by atoms with Crippen molar-refractivity contribution in [3.63, 3.8) is 0 Å². The molecule has 1 atom stereocenters. The van der Waals surface area contributed by atoms with Gasteiger partial charge in [0.05, 0.1) is 24.9 Å². The molecule has 0 radical (unpaired) electrons. The summed E-state index contributed by atoms with van der Waals surface area (Å²) >= 11 is 2.73. The van der Waals surface area contributed by atoms with E-state index >= 15 is 0 Å². The van der Waals surface area contributed by atoms with E-state index in [1.807, 2.05) is 13.8 Å². The van der Waals surface area contributed by atoms with Gasteiger partial charge in [0.1, 0.15) is 16.3 Å². The lowest BCUT2D eigenvalue weighted by Crippen LogP contribution is -2.26. The van der Waals surface area contributed by atoms with E-state index in [9.17, 15) is 9.59 Å². The zero-order valence-corrected chi connectivity index (χ0v) is 19.8. The molecular formula is C22H25N3O4S2. The highest BCUT2D eigenvalue weighted by molar-refractivity contribution is 8.00. The van der Waals surface area contributed by atoms with Crippen molar-refractivity contribution < 1.29 is 14.3 Å². The Hall–Kier alpha value is -2.78. The third-order valence-corrected chi connectivity index (χ3v) is 7.03. The molecule has 0 fully saturated rings. The zero-order valence-electron chi connectivity index (χ0n) is 18.1. The fraction of sp³-hybridized carbons (Fsp3) is 0.318. The third-order valence-electron chi connectivity index (χ3n) is 4.84. The second-order valence-corrected chi connectivity index (χ2v) is 9.42. The molecule has 1 N–H and O–H groups in total. The largest absolute Gasteiger partial charge is 0.497 e. The van der Waals surface area contributed by atoms with E-state index in [4.69, 9.17) is 14.5 Å². The summed E-state index contributed by atoms with van der Waals surface area (Å²) in [5, 5.41) is 3.50. The van der Waals surface area contributed by atoms with Crippen molar-refractivity contribution in [2.75, 3.05) is 19.5 Å². The summed E-state index contributed by atoms with van der Waals surface area (Å²) < 4.78 is 12.1. The van der Waals surface area contributed by atoms with E-state index in [2.05, 4.69) is 11.9 Å². The highest BCUT2D eigenvalue weighted by atomic mass is 32.2. The van der Waals surface area contributed by atoms with Gasteiger partial charge in [-0.2, -0.15) is 0 Å². The summed E-state index contributed by atoms with van der Waals surface area (Å²) in [6.07, 6.45) is 1.65. The molecule has 31 heavy (non-hydrogen) atoms. The predicted octanol–water partition coefficient (Wildman–Crippen LogP) is 4.40. The maximum atomic E-state index is 13.1. The molecule has 9 heteroatoms. The number of anilines is 1. The first-order valence-corrected chi connectivity index (χ1v) is 11.3. The maximum absolute atomic E-state index is 13.1. The van der Waals surface area contributed by atoms with Gasteiger partial charge in [0.15, 0.2) is 5.16 Å². The summed E-state index contributed by atoms with van der Waals surface area (Å²) in [5.74, 6) is 0.925. The first-order chi connectivity index (χ1) is 14.8. The van der Waals surface area contributed by atoms with Crippen LogP contribution in [0, 0.1) is 13.8 Å². The summed E-state index contributed by atoms with van der Waals surface area (Å²) in [7, 11) is 3.10. The number of allylic oxidation sites excluding steroid dienone is 1. The number of aryl methyl sites for hydroxylation is 2. The number of carbonyl (C=O) groups excluding carboxylic acids is 1. The fourth-order valence-corrected chi connectivity index (χ4v) is 5.01. The number of aromatic nitrogens is 2. The molecule has 0 aliphatic heterocycles. The quantitative estimate of drug-likeness (QED) is 0.305. The van der Waals surface area contributed by atoms with Crippen LogP contribution in [0.1, 0.15) is 17.4 Å². The molecule has 7 nitrogen and oxygen atoms in total. The van der Waals surface area contributed by atoms with Gasteiger partial charge in [0, 0.05) is 35.3 Å². The van der Waals surface area contributed by atoms with E-state index < -0.39 is 5.25 Å². The highest BCUT2D eigenvalue weighted by Gasteiger charge is 2.21. The molecule has 0 bridgehead atoms. The normalized spacial score (nSPS) is 11.9. The van der Waals surface area contributed by atoms with Crippen LogP contribution in [-0.2, 0) is 11.3 Å². The standard InChI is InChI=1S/C22H25N3O4S2/c1-7-8-25-21(27)18-12(2)13(3)30-20(18)24-22(25)31-14(4)19(26)23-15-9-16(28-5)11-17(10-15)29-6/h7,9-11,14H,1,8H2,2-6H3,(H,23,26). The fourth-order valence-electron chi connectivity index (χ4n) is 3.02. The molecule has 1 unspecified atom stereocenters. The van der Waals surface area contributed by atoms with E-state index in [1.54, 1.807) is 50.0 Å². The smallest absolute Gasteiger partial charge is 0.263 e. The van der Waals surface area contributed by atoms with Crippen molar-refractivity contribution in [1.29, 1.82) is 0 Å². The monoisotopic (exact) mass is 459 g/mol. The van der Waals surface area contributed by atoms with Gasteiger partial charge in [-0.15, -0.1) is 17.9 Å². The molecule has 2 heterocycles. The molecular weight excluding hydrogens is 434 g/mol. The van der Waals surface area contributed by atoms with Crippen LogP contribution in [0.3, 0.4) is 0 Å². The molecule has 0 saturated heterocycles. The maximum Gasteiger partial charge on any atom is 0.263 e. The Balaban J connectivity index is 1.89. The molecule has 0 aliphatic rings. The van der Waals surface area contributed by atoms with Crippen molar-refractivity contribution >= 4 is 44.9 Å². The van der Waals surface area contributed by atoms with Gasteiger partial charge < -0.3 is 14.8 Å². The number of rotatable bonds is 8. The Kier molecular flexibility index (Phi) is 7.07. The molecule has 0 spiro atoms. The van der Waals surface area contributed by atoms with Crippen LogP contribution in [0.15, 0.2) is 40.8 Å². The van der Waals surface area contributed by atoms with Gasteiger partial charge in [0.25, 0.3) is 5.56 Å². The third kappa shape index (κ3) is 4.77. The minimum absolute atomic E-state index is 0.112. The van der Waals surface area contributed by atoms with Crippen LogP contribution in [0.25, 0.3) is 10.2 Å². The minimum atomic E-state index is -0.500. The molecule has 3 aromatic rings. The van der Waals surface area contributed by atoms with Crippen molar-refractivity contribution in [3.8, 4) is 11.5 Å². The Morgan fingerprint density at radius 2 is 1.94 bits per heavy atom. The number of nitrogens with one attached hydrogen (secondary N) is 1. The lowest BCUT2D eigenvalue weighted by Gasteiger charge is -2.15. The van der Waals surface area contributed by atoms with Crippen LogP contribution in [-0.4, -0.2) is 34.9 Å². The molecule has 3 rings (SSSR count). The summed E-state index contributed by atoms with van der Waals surface area (Å²) in [6.45, 7) is 9.75. The minimum Gasteiger partial charge on any atom is -0.497 e. The lowest BCUT2D eigenvalue weighted by molar-refractivity contribution is -0.115. The van der Waals surface area contributed by atoms with Crippen molar-refractivity contribution in [1.82, 2.24) is 9.55 Å². The topological polar surface area (TPSA) is 82.5 Å². The van der Waals surface area contributed by atoms with Crippen LogP contribution in [0.5, 0.6) is 11.5 Å². The molecule has 0 saturated carbocycles. The van der Waals surface area contributed by atoms with Crippen molar-refractivity contribution in [2.45, 2.75) is 37.7 Å². The number of methoxy groups -OCH3 is 2. The number of carbonyl (C=O) groups is 1. The van der Waals surface area contributed by atoms with Crippen molar-refractivity contribution in [3.05, 3.63) is 51.6 Å². The van der Waals surface area contributed by atoms with Crippen LogP contribution < -0.4 is 20.3 Å². The van der Waals surface area contributed by atoms with E-state index in [0.29, 0.717) is 39.1 Å². The Morgan fingerprint density at radius 3 is 2.52 bits per heavy atom. The number of benzene rings is 1. The average Bonchev–Trinajstić information content (AvgIpc) is 3.03. The number of fused-ring (bicyclic) bond motifs is 1. The van der Waals surface area contributed by atoms with E-state index in [-0.39, 0.29) is 11.5 Å². The number of hydrogen-bond acceptors (Lipinski definition) is 7. The second kappa shape index (κ2) is 9.57. The Labute approximate surface area is 189 Å². The van der Waals surface area contributed by atoms with Gasteiger partial charge in [-0.05, 0) is 26.3 Å². The van der Waals surface area contributed by atoms with Crippen LogP contribution in [0.4, 0.5) is 5.69 Å². The second-order valence-electron chi connectivity index (χ2n) is 6.91. The summed E-state index contributed by atoms with van der Waals surface area (Å²) in [6, 6.07) is 5.16. The lowest BCUT2D eigenvalue weighted by atomic mass is 10.2. The average molecular weight is 460 g/mol. The molecule has 1 aromatic carbocycles.